The highest BCUT2D eigenvalue weighted by Crippen LogP contribution is 2.33. The summed E-state index contributed by atoms with van der Waals surface area (Å²) in [4.78, 5) is 11.6. The molecular formula is C13H25NO3. The van der Waals surface area contributed by atoms with E-state index in [9.17, 15) is 4.79 Å². The lowest BCUT2D eigenvalue weighted by Crippen LogP contribution is -2.39. The molecule has 0 aromatic rings. The zero-order valence-electron chi connectivity index (χ0n) is 11.2. The predicted molar refractivity (Wildman–Crippen MR) is 66.8 cm³/mol. The summed E-state index contributed by atoms with van der Waals surface area (Å²) in [6.45, 7) is 5.60. The molecule has 1 fully saturated rings. The lowest BCUT2D eigenvalue weighted by molar-refractivity contribution is -0.127. The summed E-state index contributed by atoms with van der Waals surface area (Å²) in [6.07, 6.45) is 3.54. The van der Waals surface area contributed by atoms with E-state index in [1.807, 2.05) is 0 Å². The fraction of sp³-hybridized carbons (Fsp3) is 0.923. The van der Waals surface area contributed by atoms with E-state index in [1.165, 1.54) is 12.8 Å². The van der Waals surface area contributed by atoms with Crippen LogP contribution in [0.15, 0.2) is 0 Å². The first-order valence-corrected chi connectivity index (χ1v) is 6.55. The van der Waals surface area contributed by atoms with Crippen LogP contribution in [0.5, 0.6) is 0 Å². The van der Waals surface area contributed by atoms with Gasteiger partial charge in [0.15, 0.2) is 0 Å². The van der Waals surface area contributed by atoms with Crippen molar-refractivity contribution in [1.29, 1.82) is 0 Å². The highest BCUT2D eigenvalue weighted by atomic mass is 16.5. The first-order chi connectivity index (χ1) is 8.19. The molecule has 1 aliphatic rings. The van der Waals surface area contributed by atoms with Crippen LogP contribution in [-0.4, -0.2) is 38.9 Å². The van der Waals surface area contributed by atoms with Crippen molar-refractivity contribution in [2.24, 2.45) is 11.8 Å². The molecule has 0 saturated heterocycles. The van der Waals surface area contributed by atoms with Crippen molar-refractivity contribution in [1.82, 2.24) is 5.32 Å². The maximum absolute atomic E-state index is 11.6. The molecule has 17 heavy (non-hydrogen) atoms. The number of carbonyl (C=O) groups is 1. The Morgan fingerprint density at radius 1 is 1.35 bits per heavy atom. The van der Waals surface area contributed by atoms with Crippen molar-refractivity contribution in [2.45, 2.75) is 39.2 Å². The third-order valence-electron chi connectivity index (χ3n) is 3.76. The molecule has 0 aromatic carbocycles. The summed E-state index contributed by atoms with van der Waals surface area (Å²) < 4.78 is 10.0. The van der Waals surface area contributed by atoms with Gasteiger partial charge < -0.3 is 14.8 Å². The molecule has 1 aliphatic carbocycles. The van der Waals surface area contributed by atoms with Gasteiger partial charge in [0.05, 0.1) is 13.2 Å². The number of ether oxygens (including phenoxy) is 2. The SMILES string of the molecule is CCC1CCC(NC(=O)COCCOC)C1C. The molecule has 0 bridgehead atoms. The maximum Gasteiger partial charge on any atom is 0.246 e. The Hall–Kier alpha value is -0.610. The summed E-state index contributed by atoms with van der Waals surface area (Å²) in [5.41, 5.74) is 0. The van der Waals surface area contributed by atoms with Gasteiger partial charge in [0.25, 0.3) is 0 Å². The average Bonchev–Trinajstić information content (AvgIpc) is 2.66. The van der Waals surface area contributed by atoms with Gasteiger partial charge >= 0.3 is 0 Å². The Balaban J connectivity index is 2.18. The van der Waals surface area contributed by atoms with Crippen molar-refractivity contribution in [3.63, 3.8) is 0 Å². The minimum Gasteiger partial charge on any atom is -0.382 e. The van der Waals surface area contributed by atoms with Gasteiger partial charge in [-0.15, -0.1) is 0 Å². The third-order valence-corrected chi connectivity index (χ3v) is 3.76. The zero-order chi connectivity index (χ0) is 12.7. The van der Waals surface area contributed by atoms with E-state index in [1.54, 1.807) is 7.11 Å². The second-order valence-corrected chi connectivity index (χ2v) is 4.82. The largest absolute Gasteiger partial charge is 0.382 e. The molecule has 1 N–H and O–H groups in total. The molecule has 0 heterocycles. The highest BCUT2D eigenvalue weighted by molar-refractivity contribution is 5.77. The number of rotatable bonds is 7. The molecule has 0 aromatic heterocycles. The van der Waals surface area contributed by atoms with Gasteiger partial charge in [-0.2, -0.15) is 0 Å². The molecule has 4 heteroatoms. The average molecular weight is 243 g/mol. The molecule has 0 aliphatic heterocycles. The third kappa shape index (κ3) is 4.64. The van der Waals surface area contributed by atoms with Crippen LogP contribution in [-0.2, 0) is 14.3 Å². The van der Waals surface area contributed by atoms with Crippen LogP contribution in [0, 0.1) is 11.8 Å². The molecular weight excluding hydrogens is 218 g/mol. The minimum absolute atomic E-state index is 0.00490. The van der Waals surface area contributed by atoms with E-state index in [-0.39, 0.29) is 12.5 Å². The number of nitrogens with one attached hydrogen (secondary N) is 1. The first kappa shape index (κ1) is 14.5. The monoisotopic (exact) mass is 243 g/mol. The van der Waals surface area contributed by atoms with Gasteiger partial charge in [0.1, 0.15) is 6.61 Å². The van der Waals surface area contributed by atoms with Crippen molar-refractivity contribution in [3.8, 4) is 0 Å². The Bertz CT molecular complexity index is 233. The molecule has 100 valence electrons. The van der Waals surface area contributed by atoms with Crippen LogP contribution in [0.25, 0.3) is 0 Å². The smallest absolute Gasteiger partial charge is 0.246 e. The Labute approximate surface area is 104 Å². The molecule has 1 saturated carbocycles. The van der Waals surface area contributed by atoms with E-state index >= 15 is 0 Å². The van der Waals surface area contributed by atoms with Crippen LogP contribution < -0.4 is 5.32 Å². The Morgan fingerprint density at radius 3 is 2.71 bits per heavy atom. The Morgan fingerprint density at radius 2 is 2.12 bits per heavy atom. The Kier molecular flexibility index (Phi) is 6.52. The lowest BCUT2D eigenvalue weighted by atomic mass is 9.93. The molecule has 1 amide bonds. The van der Waals surface area contributed by atoms with Crippen LogP contribution in [0.4, 0.5) is 0 Å². The van der Waals surface area contributed by atoms with Crippen molar-refractivity contribution < 1.29 is 14.3 Å². The van der Waals surface area contributed by atoms with Crippen LogP contribution in [0.3, 0.4) is 0 Å². The second kappa shape index (κ2) is 7.67. The summed E-state index contributed by atoms with van der Waals surface area (Å²) in [5, 5.41) is 3.07. The van der Waals surface area contributed by atoms with E-state index in [0.717, 1.165) is 12.3 Å². The van der Waals surface area contributed by atoms with Crippen molar-refractivity contribution >= 4 is 5.91 Å². The van der Waals surface area contributed by atoms with Gasteiger partial charge in [-0.1, -0.05) is 20.3 Å². The van der Waals surface area contributed by atoms with Gasteiger partial charge in [-0.3, -0.25) is 4.79 Å². The molecule has 3 atom stereocenters. The number of methoxy groups -OCH3 is 1. The topological polar surface area (TPSA) is 47.6 Å². The lowest BCUT2D eigenvalue weighted by Gasteiger charge is -2.20. The molecule has 3 unspecified atom stereocenters. The van der Waals surface area contributed by atoms with E-state index in [4.69, 9.17) is 9.47 Å². The van der Waals surface area contributed by atoms with Gasteiger partial charge in [0.2, 0.25) is 5.91 Å². The van der Waals surface area contributed by atoms with E-state index in [2.05, 4.69) is 19.2 Å². The fourth-order valence-electron chi connectivity index (χ4n) is 2.58. The quantitative estimate of drug-likeness (QED) is 0.691. The number of hydrogen-bond donors (Lipinski definition) is 1. The van der Waals surface area contributed by atoms with E-state index in [0.29, 0.717) is 25.2 Å². The predicted octanol–water partition coefficient (Wildman–Crippen LogP) is 1.59. The summed E-state index contributed by atoms with van der Waals surface area (Å²) in [5.74, 6) is 1.34. The maximum atomic E-state index is 11.6. The van der Waals surface area contributed by atoms with Crippen LogP contribution in [0.2, 0.25) is 0 Å². The first-order valence-electron chi connectivity index (χ1n) is 6.55. The molecule has 0 spiro atoms. The van der Waals surface area contributed by atoms with Gasteiger partial charge in [-0.25, -0.2) is 0 Å². The fourth-order valence-corrected chi connectivity index (χ4v) is 2.58. The summed E-state index contributed by atoms with van der Waals surface area (Å²) >= 11 is 0. The standard InChI is InChI=1S/C13H25NO3/c1-4-11-5-6-12(10(11)2)14-13(15)9-17-8-7-16-3/h10-12H,4-9H2,1-3H3,(H,14,15). The highest BCUT2D eigenvalue weighted by Gasteiger charge is 2.32. The summed E-state index contributed by atoms with van der Waals surface area (Å²) in [7, 11) is 1.62. The number of amides is 1. The number of carbonyl (C=O) groups excluding carboxylic acids is 1. The molecule has 0 radical (unpaired) electrons. The zero-order valence-corrected chi connectivity index (χ0v) is 11.2. The van der Waals surface area contributed by atoms with Crippen LogP contribution in [0.1, 0.15) is 33.1 Å². The second-order valence-electron chi connectivity index (χ2n) is 4.82. The van der Waals surface area contributed by atoms with E-state index < -0.39 is 0 Å². The van der Waals surface area contributed by atoms with Crippen LogP contribution >= 0.6 is 0 Å². The number of hydrogen-bond acceptors (Lipinski definition) is 3. The van der Waals surface area contributed by atoms with Gasteiger partial charge in [0, 0.05) is 13.2 Å². The van der Waals surface area contributed by atoms with Crippen molar-refractivity contribution in [2.75, 3.05) is 26.9 Å². The molecule has 4 nitrogen and oxygen atoms in total. The minimum atomic E-state index is -0.00490. The van der Waals surface area contributed by atoms with Crippen molar-refractivity contribution in [3.05, 3.63) is 0 Å². The normalized spacial score (nSPS) is 28.3. The molecule has 1 rings (SSSR count). The summed E-state index contributed by atoms with van der Waals surface area (Å²) in [6, 6.07) is 0.332. The van der Waals surface area contributed by atoms with Gasteiger partial charge in [-0.05, 0) is 24.7 Å².